The van der Waals surface area contributed by atoms with Crippen LogP contribution in [0.15, 0.2) is 6.07 Å². The second kappa shape index (κ2) is 5.51. The molecule has 0 heterocycles. The SMILES string of the molecule is COCc1c(C)c(OC)cc(OC)c1C=O. The van der Waals surface area contributed by atoms with Crippen molar-refractivity contribution in [2.24, 2.45) is 0 Å². The smallest absolute Gasteiger partial charge is 0.154 e. The van der Waals surface area contributed by atoms with Gasteiger partial charge >= 0.3 is 0 Å². The molecule has 0 N–H and O–H groups in total. The van der Waals surface area contributed by atoms with E-state index in [4.69, 9.17) is 14.2 Å². The third-order valence-electron chi connectivity index (χ3n) is 2.52. The van der Waals surface area contributed by atoms with Gasteiger partial charge in [0.25, 0.3) is 0 Å². The highest BCUT2D eigenvalue weighted by atomic mass is 16.5. The number of hydrogen-bond donors (Lipinski definition) is 0. The normalized spacial score (nSPS) is 10.0. The van der Waals surface area contributed by atoms with Crippen molar-refractivity contribution in [2.75, 3.05) is 21.3 Å². The van der Waals surface area contributed by atoms with Gasteiger partial charge in [0.2, 0.25) is 0 Å². The summed E-state index contributed by atoms with van der Waals surface area (Å²) >= 11 is 0. The Kier molecular flexibility index (Phi) is 4.31. The molecule has 16 heavy (non-hydrogen) atoms. The molecule has 0 aliphatic heterocycles. The van der Waals surface area contributed by atoms with Gasteiger partial charge in [0.1, 0.15) is 11.5 Å². The van der Waals surface area contributed by atoms with Gasteiger partial charge in [-0.1, -0.05) is 0 Å². The van der Waals surface area contributed by atoms with Gasteiger partial charge in [-0.05, 0) is 18.1 Å². The van der Waals surface area contributed by atoms with Gasteiger partial charge < -0.3 is 14.2 Å². The summed E-state index contributed by atoms with van der Waals surface area (Å²) in [6, 6.07) is 1.71. The summed E-state index contributed by atoms with van der Waals surface area (Å²) in [7, 11) is 4.69. The van der Waals surface area contributed by atoms with Crippen LogP contribution < -0.4 is 9.47 Å². The van der Waals surface area contributed by atoms with E-state index in [1.165, 1.54) is 7.11 Å². The summed E-state index contributed by atoms with van der Waals surface area (Å²) < 4.78 is 15.5. The second-order valence-corrected chi connectivity index (χ2v) is 3.35. The van der Waals surface area contributed by atoms with Gasteiger partial charge in [0, 0.05) is 13.2 Å². The molecule has 0 amide bonds. The minimum atomic E-state index is 0.355. The van der Waals surface area contributed by atoms with Crippen LogP contribution in [-0.4, -0.2) is 27.6 Å². The molecule has 1 aromatic rings. The first-order valence-electron chi connectivity index (χ1n) is 4.88. The molecule has 0 radical (unpaired) electrons. The lowest BCUT2D eigenvalue weighted by Gasteiger charge is -2.15. The van der Waals surface area contributed by atoms with Crippen molar-refractivity contribution >= 4 is 6.29 Å². The maximum atomic E-state index is 11.1. The molecule has 1 rings (SSSR count). The quantitative estimate of drug-likeness (QED) is 0.717. The summed E-state index contributed by atoms with van der Waals surface area (Å²) in [5.41, 5.74) is 2.21. The Hall–Kier alpha value is -1.55. The predicted molar refractivity (Wildman–Crippen MR) is 60.4 cm³/mol. The number of carbonyl (C=O) groups is 1. The van der Waals surface area contributed by atoms with Crippen LogP contribution >= 0.6 is 0 Å². The standard InChI is InChI=1S/C12H16O4/c1-8-10(7-14-2)9(6-13)12(16-4)5-11(8)15-3/h5-6H,7H2,1-4H3. The highest BCUT2D eigenvalue weighted by molar-refractivity contribution is 5.83. The minimum Gasteiger partial charge on any atom is -0.496 e. The Labute approximate surface area is 95.1 Å². The second-order valence-electron chi connectivity index (χ2n) is 3.35. The maximum absolute atomic E-state index is 11.1. The van der Waals surface area contributed by atoms with Gasteiger partial charge in [-0.25, -0.2) is 0 Å². The molecule has 88 valence electrons. The average Bonchev–Trinajstić information content (AvgIpc) is 2.31. The van der Waals surface area contributed by atoms with E-state index in [1.807, 2.05) is 6.92 Å². The number of aldehydes is 1. The van der Waals surface area contributed by atoms with Gasteiger partial charge in [0.15, 0.2) is 6.29 Å². The topological polar surface area (TPSA) is 44.8 Å². The molecule has 0 aliphatic rings. The third-order valence-corrected chi connectivity index (χ3v) is 2.52. The molecule has 4 nitrogen and oxygen atoms in total. The molecule has 0 saturated carbocycles. The van der Waals surface area contributed by atoms with Crippen molar-refractivity contribution < 1.29 is 19.0 Å². The highest BCUT2D eigenvalue weighted by Crippen LogP contribution is 2.32. The van der Waals surface area contributed by atoms with E-state index < -0.39 is 0 Å². The molecule has 0 saturated heterocycles. The van der Waals surface area contributed by atoms with Crippen LogP contribution in [0.2, 0.25) is 0 Å². The first-order valence-corrected chi connectivity index (χ1v) is 4.88. The molecule has 0 fully saturated rings. The first-order chi connectivity index (χ1) is 7.69. The molecule has 0 aromatic heterocycles. The van der Waals surface area contributed by atoms with Crippen LogP contribution in [-0.2, 0) is 11.3 Å². The summed E-state index contributed by atoms with van der Waals surface area (Å²) in [4.78, 5) is 11.1. The number of methoxy groups -OCH3 is 3. The average molecular weight is 224 g/mol. The number of hydrogen-bond acceptors (Lipinski definition) is 4. The maximum Gasteiger partial charge on any atom is 0.154 e. The lowest BCUT2D eigenvalue weighted by Crippen LogP contribution is -2.03. The molecule has 0 atom stereocenters. The van der Waals surface area contributed by atoms with E-state index in [0.29, 0.717) is 23.7 Å². The fraction of sp³-hybridized carbons (Fsp3) is 0.417. The third kappa shape index (κ3) is 2.17. The summed E-state index contributed by atoms with van der Waals surface area (Å²) in [5.74, 6) is 1.19. The molecular formula is C12H16O4. The molecule has 0 aliphatic carbocycles. The fourth-order valence-corrected chi connectivity index (χ4v) is 1.64. The molecule has 0 unspecified atom stereocenters. The van der Waals surface area contributed by atoms with E-state index in [9.17, 15) is 4.79 Å². The van der Waals surface area contributed by atoms with Crippen LogP contribution in [0, 0.1) is 6.92 Å². The molecule has 4 heteroatoms. The van der Waals surface area contributed by atoms with Gasteiger partial charge in [-0.2, -0.15) is 0 Å². The van der Waals surface area contributed by atoms with E-state index in [2.05, 4.69) is 0 Å². The van der Waals surface area contributed by atoms with Crippen LogP contribution in [0.25, 0.3) is 0 Å². The van der Waals surface area contributed by atoms with Crippen molar-refractivity contribution in [1.29, 1.82) is 0 Å². The lowest BCUT2D eigenvalue weighted by atomic mass is 10.0. The minimum absolute atomic E-state index is 0.355. The van der Waals surface area contributed by atoms with Crippen LogP contribution in [0.1, 0.15) is 21.5 Å². The largest absolute Gasteiger partial charge is 0.496 e. The van der Waals surface area contributed by atoms with Gasteiger partial charge in [-0.3, -0.25) is 4.79 Å². The van der Waals surface area contributed by atoms with Crippen LogP contribution in [0.3, 0.4) is 0 Å². The Morgan fingerprint density at radius 1 is 1.19 bits per heavy atom. The zero-order valence-corrected chi connectivity index (χ0v) is 9.99. The summed E-state index contributed by atoms with van der Waals surface area (Å²) in [6.45, 7) is 2.24. The zero-order valence-electron chi connectivity index (χ0n) is 9.99. The van der Waals surface area contributed by atoms with E-state index >= 15 is 0 Å². The van der Waals surface area contributed by atoms with Crippen molar-refractivity contribution in [3.8, 4) is 11.5 Å². The van der Waals surface area contributed by atoms with Gasteiger partial charge in [-0.15, -0.1) is 0 Å². The molecule has 1 aromatic carbocycles. The van der Waals surface area contributed by atoms with Crippen molar-refractivity contribution in [3.05, 3.63) is 22.8 Å². The van der Waals surface area contributed by atoms with E-state index in [1.54, 1.807) is 20.3 Å². The number of rotatable bonds is 5. The lowest BCUT2D eigenvalue weighted by molar-refractivity contribution is 0.111. The summed E-state index contributed by atoms with van der Waals surface area (Å²) in [5, 5.41) is 0. The fourth-order valence-electron chi connectivity index (χ4n) is 1.64. The molecular weight excluding hydrogens is 208 g/mol. The number of benzene rings is 1. The van der Waals surface area contributed by atoms with Crippen LogP contribution in [0.5, 0.6) is 11.5 Å². The molecule has 0 bridgehead atoms. The Morgan fingerprint density at radius 2 is 1.81 bits per heavy atom. The highest BCUT2D eigenvalue weighted by Gasteiger charge is 2.15. The summed E-state index contributed by atoms with van der Waals surface area (Å²) in [6.07, 6.45) is 0.777. The number of carbonyl (C=O) groups excluding carboxylic acids is 1. The van der Waals surface area contributed by atoms with Crippen molar-refractivity contribution in [2.45, 2.75) is 13.5 Å². The predicted octanol–water partition coefficient (Wildman–Crippen LogP) is 1.97. The monoisotopic (exact) mass is 224 g/mol. The Bertz CT molecular complexity index is 385. The van der Waals surface area contributed by atoms with Gasteiger partial charge in [0.05, 0.1) is 26.4 Å². The number of ether oxygens (including phenoxy) is 3. The van der Waals surface area contributed by atoms with Crippen molar-refractivity contribution in [3.63, 3.8) is 0 Å². The zero-order chi connectivity index (χ0) is 12.1. The van der Waals surface area contributed by atoms with Crippen LogP contribution in [0.4, 0.5) is 0 Å². The first kappa shape index (κ1) is 12.5. The van der Waals surface area contributed by atoms with Crippen molar-refractivity contribution in [1.82, 2.24) is 0 Å². The van der Waals surface area contributed by atoms with E-state index in [0.717, 1.165) is 17.4 Å². The Balaban J connectivity index is 3.44. The van der Waals surface area contributed by atoms with E-state index in [-0.39, 0.29) is 0 Å². The Morgan fingerprint density at radius 3 is 2.25 bits per heavy atom. The molecule has 0 spiro atoms.